The fraction of sp³-hybridized carbons (Fsp3) is 0.375. The Bertz CT molecular complexity index is 1050. The first kappa shape index (κ1) is 23.0. The van der Waals surface area contributed by atoms with E-state index in [1.807, 2.05) is 60.9 Å². The van der Waals surface area contributed by atoms with Crippen LogP contribution in [0.25, 0.3) is 11.0 Å². The molecule has 0 spiro atoms. The normalized spacial score (nSPS) is 11.1. The highest BCUT2D eigenvalue weighted by Gasteiger charge is 2.15. The molecule has 31 heavy (non-hydrogen) atoms. The molecule has 3 rings (SSSR count). The zero-order chi connectivity index (χ0) is 22.2. The lowest BCUT2D eigenvalue weighted by atomic mass is 10.1. The quantitative estimate of drug-likeness (QED) is 0.327. The number of ether oxygens (including phenoxy) is 1. The third-order valence-corrected chi connectivity index (χ3v) is 5.33. The molecule has 1 heterocycles. The Kier molecular flexibility index (Phi) is 8.23. The minimum atomic E-state index is -0.255. The monoisotopic (exact) mass is 485 g/mol. The number of hydrogen-bond donors (Lipinski definition) is 1. The highest BCUT2D eigenvalue weighted by molar-refractivity contribution is 9.10. The van der Waals surface area contributed by atoms with Gasteiger partial charge in [0.15, 0.2) is 0 Å². The number of benzene rings is 2. The van der Waals surface area contributed by atoms with Crippen LogP contribution >= 0.6 is 15.9 Å². The molecule has 1 aromatic heterocycles. The molecule has 1 amide bonds. The third-order valence-electron chi connectivity index (χ3n) is 4.84. The van der Waals surface area contributed by atoms with E-state index >= 15 is 0 Å². The molecule has 0 radical (unpaired) electrons. The lowest BCUT2D eigenvalue weighted by Crippen LogP contribution is -2.24. The van der Waals surface area contributed by atoms with Crippen LogP contribution in [0.3, 0.4) is 0 Å². The molecule has 7 heteroatoms. The number of fused-ring (bicyclic) bond motifs is 1. The van der Waals surface area contributed by atoms with E-state index in [1.165, 1.54) is 0 Å². The van der Waals surface area contributed by atoms with Crippen LogP contribution in [0.5, 0.6) is 0 Å². The number of halogens is 1. The molecule has 0 fully saturated rings. The maximum atomic E-state index is 12.2. The number of esters is 1. The number of hydrogen-bond acceptors (Lipinski definition) is 4. The number of carbonyl (C=O) groups is 2. The Hall–Kier alpha value is -2.67. The molecule has 164 valence electrons. The van der Waals surface area contributed by atoms with Crippen molar-refractivity contribution in [1.82, 2.24) is 14.9 Å². The number of para-hydroxylation sites is 2. The van der Waals surface area contributed by atoms with E-state index < -0.39 is 0 Å². The SMILES string of the molecule is CC(C)OC(=O)Cn1c(CCCCCNC(=O)c2cccc(Br)c2)nc2ccccc21. The molecule has 0 aliphatic carbocycles. The van der Waals surface area contributed by atoms with Crippen LogP contribution < -0.4 is 5.32 Å². The minimum Gasteiger partial charge on any atom is -0.462 e. The van der Waals surface area contributed by atoms with Gasteiger partial charge in [-0.15, -0.1) is 0 Å². The van der Waals surface area contributed by atoms with Gasteiger partial charge in [-0.2, -0.15) is 0 Å². The molecule has 1 N–H and O–H groups in total. The summed E-state index contributed by atoms with van der Waals surface area (Å²) in [6, 6.07) is 15.2. The summed E-state index contributed by atoms with van der Waals surface area (Å²) in [4.78, 5) is 29.1. The van der Waals surface area contributed by atoms with Gasteiger partial charge in [-0.25, -0.2) is 4.98 Å². The molecule has 0 unspecified atom stereocenters. The van der Waals surface area contributed by atoms with Crippen LogP contribution in [-0.4, -0.2) is 34.1 Å². The summed E-state index contributed by atoms with van der Waals surface area (Å²) in [7, 11) is 0. The van der Waals surface area contributed by atoms with Crippen LogP contribution in [0.4, 0.5) is 0 Å². The first-order valence-electron chi connectivity index (χ1n) is 10.6. The molecular formula is C24H28BrN3O3. The molecule has 0 saturated heterocycles. The molecule has 3 aromatic rings. The Morgan fingerprint density at radius 2 is 1.90 bits per heavy atom. The van der Waals surface area contributed by atoms with Gasteiger partial charge in [0.25, 0.3) is 5.91 Å². The van der Waals surface area contributed by atoms with Crippen molar-refractivity contribution in [2.45, 2.75) is 52.2 Å². The molecule has 0 atom stereocenters. The maximum Gasteiger partial charge on any atom is 0.326 e. The highest BCUT2D eigenvalue weighted by atomic mass is 79.9. The van der Waals surface area contributed by atoms with Crippen LogP contribution in [0.2, 0.25) is 0 Å². The van der Waals surface area contributed by atoms with E-state index in [-0.39, 0.29) is 24.5 Å². The summed E-state index contributed by atoms with van der Waals surface area (Å²) in [6.45, 7) is 4.49. The molecule has 6 nitrogen and oxygen atoms in total. The number of carbonyl (C=O) groups excluding carboxylic acids is 2. The van der Waals surface area contributed by atoms with Gasteiger partial charge in [0.2, 0.25) is 0 Å². The van der Waals surface area contributed by atoms with Crippen molar-refractivity contribution in [1.29, 1.82) is 0 Å². The number of rotatable bonds is 10. The summed E-state index contributed by atoms with van der Waals surface area (Å²) in [5.74, 6) is 0.571. The Morgan fingerprint density at radius 3 is 2.68 bits per heavy atom. The van der Waals surface area contributed by atoms with Crippen molar-refractivity contribution in [2.75, 3.05) is 6.54 Å². The van der Waals surface area contributed by atoms with Gasteiger partial charge in [-0.1, -0.05) is 40.5 Å². The topological polar surface area (TPSA) is 73.2 Å². The van der Waals surface area contributed by atoms with Gasteiger partial charge in [-0.05, 0) is 57.0 Å². The van der Waals surface area contributed by atoms with Gasteiger partial charge in [0.1, 0.15) is 12.4 Å². The predicted octanol–water partition coefficient (Wildman–Crippen LogP) is 4.89. The number of unbranched alkanes of at least 4 members (excludes halogenated alkanes) is 2. The molecule has 0 aliphatic rings. The van der Waals surface area contributed by atoms with E-state index in [2.05, 4.69) is 21.2 Å². The van der Waals surface area contributed by atoms with E-state index in [0.717, 1.165) is 47.0 Å². The zero-order valence-corrected chi connectivity index (χ0v) is 19.5. The first-order valence-corrected chi connectivity index (χ1v) is 11.4. The van der Waals surface area contributed by atoms with Gasteiger partial charge < -0.3 is 14.6 Å². The molecular weight excluding hydrogens is 458 g/mol. The Balaban J connectivity index is 1.51. The lowest BCUT2D eigenvalue weighted by molar-refractivity contribution is -0.148. The minimum absolute atomic E-state index is 0.0632. The molecule has 0 saturated carbocycles. The third kappa shape index (κ3) is 6.66. The Morgan fingerprint density at radius 1 is 1.10 bits per heavy atom. The van der Waals surface area contributed by atoms with Crippen molar-refractivity contribution in [2.24, 2.45) is 0 Å². The molecule has 0 bridgehead atoms. The van der Waals surface area contributed by atoms with Crippen molar-refractivity contribution >= 4 is 38.8 Å². The van der Waals surface area contributed by atoms with Crippen molar-refractivity contribution in [3.8, 4) is 0 Å². The summed E-state index contributed by atoms with van der Waals surface area (Å²) in [5.41, 5.74) is 2.48. The van der Waals surface area contributed by atoms with E-state index in [9.17, 15) is 9.59 Å². The molecule has 2 aromatic carbocycles. The highest BCUT2D eigenvalue weighted by Crippen LogP contribution is 2.18. The van der Waals surface area contributed by atoms with Gasteiger partial charge in [0, 0.05) is 23.0 Å². The van der Waals surface area contributed by atoms with E-state index in [1.54, 1.807) is 6.07 Å². The Labute approximate surface area is 191 Å². The van der Waals surface area contributed by atoms with E-state index in [0.29, 0.717) is 12.1 Å². The second kappa shape index (κ2) is 11.1. The van der Waals surface area contributed by atoms with Gasteiger partial charge >= 0.3 is 5.97 Å². The fourth-order valence-corrected chi connectivity index (χ4v) is 3.84. The summed E-state index contributed by atoms with van der Waals surface area (Å²) in [6.07, 6.45) is 3.39. The number of aromatic nitrogens is 2. The lowest BCUT2D eigenvalue weighted by Gasteiger charge is -2.11. The number of nitrogens with zero attached hydrogens (tertiary/aromatic N) is 2. The van der Waals surface area contributed by atoms with Crippen LogP contribution in [0, 0.1) is 0 Å². The van der Waals surface area contributed by atoms with Crippen LogP contribution in [-0.2, 0) is 22.5 Å². The van der Waals surface area contributed by atoms with Crippen molar-refractivity contribution in [3.05, 3.63) is 64.4 Å². The van der Waals surface area contributed by atoms with Crippen LogP contribution in [0.15, 0.2) is 53.0 Å². The first-order chi connectivity index (χ1) is 14.9. The van der Waals surface area contributed by atoms with Gasteiger partial charge in [-0.3, -0.25) is 9.59 Å². The second-order valence-corrected chi connectivity index (χ2v) is 8.63. The number of imidazole rings is 1. The van der Waals surface area contributed by atoms with Crippen molar-refractivity contribution < 1.29 is 14.3 Å². The smallest absolute Gasteiger partial charge is 0.326 e. The summed E-state index contributed by atoms with van der Waals surface area (Å²) in [5, 5.41) is 2.96. The van der Waals surface area contributed by atoms with Crippen LogP contribution in [0.1, 0.15) is 49.3 Å². The number of amides is 1. The zero-order valence-electron chi connectivity index (χ0n) is 17.9. The standard InChI is InChI=1S/C24H28BrN3O3/c1-17(2)31-23(29)16-28-21-12-6-5-11-20(21)27-22(28)13-4-3-7-14-26-24(30)18-9-8-10-19(25)15-18/h5-6,8-12,15,17H,3-4,7,13-14,16H2,1-2H3,(H,26,30). The maximum absolute atomic E-state index is 12.2. The average Bonchev–Trinajstić information content (AvgIpc) is 3.07. The summed E-state index contributed by atoms with van der Waals surface area (Å²) < 4.78 is 8.16. The molecule has 0 aliphatic heterocycles. The average molecular weight is 486 g/mol. The predicted molar refractivity (Wildman–Crippen MR) is 125 cm³/mol. The van der Waals surface area contributed by atoms with Gasteiger partial charge in [0.05, 0.1) is 17.1 Å². The number of aryl methyl sites for hydroxylation is 1. The van der Waals surface area contributed by atoms with E-state index in [4.69, 9.17) is 9.72 Å². The van der Waals surface area contributed by atoms with Crippen molar-refractivity contribution in [3.63, 3.8) is 0 Å². The largest absolute Gasteiger partial charge is 0.462 e. The second-order valence-electron chi connectivity index (χ2n) is 7.72. The number of nitrogens with one attached hydrogen (secondary N) is 1. The fourth-order valence-electron chi connectivity index (χ4n) is 3.44. The summed E-state index contributed by atoms with van der Waals surface area (Å²) >= 11 is 3.38.